The SMILES string of the molecule is CC/C=C/C/C=C/C/C=C/C/C=C/C/C=C/C/C=C/CCCCCC(=O)OCC(COCCC(C(=O)[O-])[N+](C)(C)C)OC(=O)CCCCCC/C=C/C/C=C/C/C=C/C/C=C/C/C=C/CC. The lowest BCUT2D eigenvalue weighted by atomic mass is 10.1. The van der Waals surface area contributed by atoms with Gasteiger partial charge in [-0.1, -0.05) is 167 Å². The molecule has 0 spiro atoms. The van der Waals surface area contributed by atoms with Crippen molar-refractivity contribution in [2.24, 2.45) is 0 Å². The van der Waals surface area contributed by atoms with E-state index < -0.39 is 18.1 Å². The van der Waals surface area contributed by atoms with Gasteiger partial charge in [0.15, 0.2) is 6.10 Å². The number of carbonyl (C=O) groups is 3. The van der Waals surface area contributed by atoms with E-state index in [4.69, 9.17) is 14.2 Å². The molecule has 8 heteroatoms. The Hall–Kier alpha value is -4.53. The van der Waals surface area contributed by atoms with Crippen LogP contribution >= 0.6 is 0 Å². The van der Waals surface area contributed by atoms with Crippen LogP contribution < -0.4 is 5.11 Å². The monoisotopic (exact) mass is 914 g/mol. The highest BCUT2D eigenvalue weighted by Gasteiger charge is 2.25. The molecule has 0 saturated heterocycles. The second-order valence-corrected chi connectivity index (χ2v) is 17.3. The van der Waals surface area contributed by atoms with Gasteiger partial charge >= 0.3 is 11.9 Å². The van der Waals surface area contributed by atoms with Crippen LogP contribution in [0, 0.1) is 0 Å². The second-order valence-electron chi connectivity index (χ2n) is 17.3. The molecule has 0 aliphatic carbocycles. The number of unbranched alkanes of at least 4 members (excludes halogenated alkanes) is 7. The third-order valence-electron chi connectivity index (χ3n) is 10.3. The number of likely N-dealkylation sites (N-methyl/N-ethyl adjacent to an activating group) is 1. The van der Waals surface area contributed by atoms with Crippen molar-refractivity contribution in [1.82, 2.24) is 0 Å². The van der Waals surface area contributed by atoms with Gasteiger partial charge in [0.2, 0.25) is 0 Å². The molecule has 0 fully saturated rings. The van der Waals surface area contributed by atoms with Crippen LogP contribution in [0.4, 0.5) is 0 Å². The van der Waals surface area contributed by atoms with E-state index in [0.717, 1.165) is 122 Å². The first-order chi connectivity index (χ1) is 32.1. The van der Waals surface area contributed by atoms with E-state index in [-0.39, 0.29) is 49.1 Å². The summed E-state index contributed by atoms with van der Waals surface area (Å²) in [6.45, 7) is 4.35. The Morgan fingerprint density at radius 3 is 1.18 bits per heavy atom. The number of allylic oxidation sites excluding steroid dienone is 22. The number of carboxylic acid groups (broad SMARTS) is 1. The molecular weight excluding hydrogens is 823 g/mol. The Kier molecular flexibility index (Phi) is 43.8. The number of aliphatic carboxylic acids is 1. The third kappa shape index (κ3) is 44.7. The van der Waals surface area contributed by atoms with E-state index in [2.05, 4.69) is 148 Å². The largest absolute Gasteiger partial charge is 0.544 e. The standard InChI is InChI=1S/C58H91NO7/c1-6-8-10-12-14-16-18-20-22-24-26-28-29-31-32-34-36-38-40-42-44-46-48-56(60)65-53-54(52-64-51-50-55(58(62)63)59(3,4)5)66-57(61)49-47-45-43-41-39-37-35-33-30-27-25-23-21-19-17-15-13-11-9-7-2/h8-11,14-17,20-23,26-28,30-32,35-38,54-55H,6-7,12-13,18-19,24-25,29,33-34,39-53H2,1-5H3/b10-8+,11-9+,16-14+,17-15+,22-20+,23-21+,28-26+,30-27+,32-31+,37-35+,38-36+. The van der Waals surface area contributed by atoms with E-state index in [1.807, 2.05) is 0 Å². The molecule has 0 aliphatic rings. The van der Waals surface area contributed by atoms with Crippen molar-refractivity contribution in [2.45, 2.75) is 174 Å². The van der Waals surface area contributed by atoms with Crippen LogP contribution in [-0.2, 0) is 28.6 Å². The normalized spacial score (nSPS) is 14.0. The number of hydrogen-bond acceptors (Lipinski definition) is 7. The lowest BCUT2D eigenvalue weighted by Gasteiger charge is -2.34. The quantitative estimate of drug-likeness (QED) is 0.0260. The summed E-state index contributed by atoms with van der Waals surface area (Å²) in [6.07, 6.45) is 67.6. The van der Waals surface area contributed by atoms with Gasteiger partial charge in [-0.05, 0) is 109 Å². The van der Waals surface area contributed by atoms with Gasteiger partial charge in [0, 0.05) is 19.3 Å². The van der Waals surface area contributed by atoms with Crippen molar-refractivity contribution in [2.75, 3.05) is 41.0 Å². The maximum atomic E-state index is 12.8. The van der Waals surface area contributed by atoms with Crippen molar-refractivity contribution in [1.29, 1.82) is 0 Å². The molecule has 0 rings (SSSR count). The van der Waals surface area contributed by atoms with E-state index in [1.165, 1.54) is 0 Å². The number of rotatable bonds is 43. The van der Waals surface area contributed by atoms with E-state index >= 15 is 0 Å². The van der Waals surface area contributed by atoms with Gasteiger partial charge in [0.05, 0.1) is 40.3 Å². The number of nitrogens with zero attached hydrogens (tertiary/aromatic N) is 1. The van der Waals surface area contributed by atoms with Crippen molar-refractivity contribution >= 4 is 17.9 Å². The van der Waals surface area contributed by atoms with Gasteiger partial charge in [-0.15, -0.1) is 0 Å². The number of carboxylic acids is 1. The summed E-state index contributed by atoms with van der Waals surface area (Å²) in [7, 11) is 5.38. The minimum absolute atomic E-state index is 0.00906. The van der Waals surface area contributed by atoms with Gasteiger partial charge < -0.3 is 28.6 Å². The van der Waals surface area contributed by atoms with Crippen LogP contribution in [0.25, 0.3) is 0 Å². The lowest BCUT2D eigenvalue weighted by Crippen LogP contribution is -2.55. The molecule has 2 unspecified atom stereocenters. The molecule has 0 bridgehead atoms. The van der Waals surface area contributed by atoms with Crippen molar-refractivity contribution < 1.29 is 38.2 Å². The zero-order valence-corrected chi connectivity index (χ0v) is 42.0. The molecule has 0 amide bonds. The van der Waals surface area contributed by atoms with E-state index in [9.17, 15) is 19.5 Å². The summed E-state index contributed by atoms with van der Waals surface area (Å²) in [4.78, 5) is 37.0. The molecule has 0 N–H and O–H groups in total. The Morgan fingerprint density at radius 1 is 0.455 bits per heavy atom. The Bertz CT molecular complexity index is 1530. The molecule has 2 atom stereocenters. The highest BCUT2D eigenvalue weighted by molar-refractivity contribution is 5.70. The number of hydrogen-bond donors (Lipinski definition) is 0. The molecule has 0 aromatic heterocycles. The van der Waals surface area contributed by atoms with Crippen molar-refractivity contribution in [3.63, 3.8) is 0 Å². The van der Waals surface area contributed by atoms with Crippen LogP contribution in [0.1, 0.15) is 162 Å². The second kappa shape index (κ2) is 47.0. The van der Waals surface area contributed by atoms with Gasteiger partial charge in [-0.25, -0.2) is 0 Å². The maximum absolute atomic E-state index is 12.8. The zero-order valence-electron chi connectivity index (χ0n) is 42.0. The van der Waals surface area contributed by atoms with Gasteiger partial charge in [-0.3, -0.25) is 9.59 Å². The number of quaternary nitrogens is 1. The summed E-state index contributed by atoms with van der Waals surface area (Å²) in [5, 5.41) is 11.7. The molecule has 0 heterocycles. The molecule has 370 valence electrons. The average Bonchev–Trinajstić information content (AvgIpc) is 3.28. The van der Waals surface area contributed by atoms with Crippen LogP contribution in [0.15, 0.2) is 134 Å². The average molecular weight is 914 g/mol. The number of carbonyl (C=O) groups excluding carboxylic acids is 3. The van der Waals surface area contributed by atoms with E-state index in [1.54, 1.807) is 21.1 Å². The summed E-state index contributed by atoms with van der Waals surface area (Å²) < 4.78 is 17.2. The predicted octanol–water partition coefficient (Wildman–Crippen LogP) is 13.4. The minimum Gasteiger partial charge on any atom is -0.544 e. The summed E-state index contributed by atoms with van der Waals surface area (Å²) in [6, 6.07) is -0.746. The molecular formula is C58H91NO7. The third-order valence-corrected chi connectivity index (χ3v) is 10.3. The van der Waals surface area contributed by atoms with Gasteiger partial charge in [0.1, 0.15) is 12.6 Å². The first-order valence-electron chi connectivity index (χ1n) is 25.2. The highest BCUT2D eigenvalue weighted by atomic mass is 16.6. The Morgan fingerprint density at radius 2 is 0.803 bits per heavy atom. The van der Waals surface area contributed by atoms with E-state index in [0.29, 0.717) is 12.8 Å². The van der Waals surface area contributed by atoms with Crippen LogP contribution in [0.3, 0.4) is 0 Å². The summed E-state index contributed by atoms with van der Waals surface area (Å²) >= 11 is 0. The maximum Gasteiger partial charge on any atom is 0.306 e. The first-order valence-corrected chi connectivity index (χ1v) is 25.2. The molecule has 8 nitrogen and oxygen atoms in total. The van der Waals surface area contributed by atoms with Crippen molar-refractivity contribution in [3.05, 3.63) is 134 Å². The molecule has 0 aliphatic heterocycles. The smallest absolute Gasteiger partial charge is 0.306 e. The molecule has 0 aromatic carbocycles. The van der Waals surface area contributed by atoms with Gasteiger partial charge in [0.25, 0.3) is 0 Å². The summed E-state index contributed by atoms with van der Waals surface area (Å²) in [5.41, 5.74) is 0. The summed E-state index contributed by atoms with van der Waals surface area (Å²) in [5.74, 6) is -1.83. The molecule has 66 heavy (non-hydrogen) atoms. The van der Waals surface area contributed by atoms with Crippen LogP contribution in [0.2, 0.25) is 0 Å². The zero-order chi connectivity index (χ0) is 48.4. The molecule has 0 aromatic rings. The fourth-order valence-electron chi connectivity index (χ4n) is 6.45. The van der Waals surface area contributed by atoms with Crippen LogP contribution in [0.5, 0.6) is 0 Å². The first kappa shape index (κ1) is 61.5. The number of ether oxygens (including phenoxy) is 3. The Balaban J connectivity index is 4.42. The fourth-order valence-corrected chi connectivity index (χ4v) is 6.45. The number of esters is 2. The predicted molar refractivity (Wildman–Crippen MR) is 277 cm³/mol. The van der Waals surface area contributed by atoms with Crippen LogP contribution in [-0.4, -0.2) is 75.5 Å². The van der Waals surface area contributed by atoms with Gasteiger partial charge in [-0.2, -0.15) is 0 Å². The fraction of sp³-hybridized carbons (Fsp3) is 0.569. The molecule has 0 saturated carbocycles. The minimum atomic E-state index is -1.14. The Labute approximate surface area is 403 Å². The van der Waals surface area contributed by atoms with Crippen molar-refractivity contribution in [3.8, 4) is 0 Å². The molecule has 0 radical (unpaired) electrons. The highest BCUT2D eigenvalue weighted by Crippen LogP contribution is 2.12. The lowest BCUT2D eigenvalue weighted by molar-refractivity contribution is -0.889. The topological polar surface area (TPSA) is 102 Å².